The van der Waals surface area contributed by atoms with Gasteiger partial charge in [-0.15, -0.1) is 54.1 Å². The van der Waals surface area contributed by atoms with Gasteiger partial charge in [-0.3, -0.25) is 4.98 Å². The van der Waals surface area contributed by atoms with Crippen molar-refractivity contribution in [2.24, 2.45) is 5.92 Å². The molecule has 9 rings (SSSR count). The molecule has 1 radical (unpaired) electrons. The maximum Gasteiger partial charge on any atom is 0.120 e. The Morgan fingerprint density at radius 3 is 2.20 bits per heavy atom. The second kappa shape index (κ2) is 17.1. The van der Waals surface area contributed by atoms with Crippen LogP contribution in [-0.2, 0) is 31.9 Å². The molecular formula is C53H51IrN3OSi-2. The minimum atomic E-state index is -1.34. The van der Waals surface area contributed by atoms with E-state index < -0.39 is 8.07 Å². The normalized spacial score (nSPS) is 11.8. The van der Waals surface area contributed by atoms with E-state index in [0.29, 0.717) is 5.92 Å². The Morgan fingerprint density at radius 2 is 1.47 bits per heavy atom. The third-order valence-corrected chi connectivity index (χ3v) is 12.8. The summed E-state index contributed by atoms with van der Waals surface area (Å²) < 4.78 is 8.77. The molecule has 59 heavy (non-hydrogen) atoms. The number of hydrogen-bond acceptors (Lipinski definition) is 3. The summed E-state index contributed by atoms with van der Waals surface area (Å²) in [5, 5.41) is 3.66. The third-order valence-electron chi connectivity index (χ3n) is 10.7. The monoisotopic (exact) mass is 966 g/mol. The van der Waals surface area contributed by atoms with Crippen LogP contribution in [0.3, 0.4) is 0 Å². The van der Waals surface area contributed by atoms with E-state index in [1.807, 2.05) is 42.5 Å². The molecule has 9 aromatic rings. The van der Waals surface area contributed by atoms with Gasteiger partial charge in [-0.1, -0.05) is 156 Å². The second-order valence-corrected chi connectivity index (χ2v) is 22.7. The van der Waals surface area contributed by atoms with Crippen LogP contribution in [-0.4, -0.2) is 22.6 Å². The van der Waals surface area contributed by atoms with Crippen molar-refractivity contribution in [3.63, 3.8) is 0 Å². The molecule has 3 aromatic heterocycles. The quantitative estimate of drug-likeness (QED) is 0.118. The Labute approximate surface area is 363 Å². The summed E-state index contributed by atoms with van der Waals surface area (Å²) in [7, 11) is -1.34. The van der Waals surface area contributed by atoms with E-state index in [1.54, 1.807) is 0 Å². The predicted molar refractivity (Wildman–Crippen MR) is 247 cm³/mol. The van der Waals surface area contributed by atoms with Gasteiger partial charge in [0.1, 0.15) is 5.58 Å². The molecule has 0 aliphatic rings. The molecule has 6 aromatic carbocycles. The molecule has 0 aliphatic carbocycles. The molecule has 0 spiro atoms. The van der Waals surface area contributed by atoms with E-state index in [-0.39, 0.29) is 25.5 Å². The van der Waals surface area contributed by atoms with Crippen molar-refractivity contribution >= 4 is 46.2 Å². The SMILES string of the molecule is CC(C)(C)c1cccc(-c2ccccc2)c1-n1c(-c2[c-]ccc3c2oc2ccccc23)nc2ccccc21.CC(C)Cc1cc(-c2[c-]cccc2)ncc1[Si](C)(C)C.[Ir]. The van der Waals surface area contributed by atoms with E-state index in [0.717, 1.165) is 67.7 Å². The van der Waals surface area contributed by atoms with Crippen LogP contribution in [0.15, 0.2) is 150 Å². The summed E-state index contributed by atoms with van der Waals surface area (Å²) in [5.74, 6) is 1.49. The molecule has 0 bridgehead atoms. The smallest absolute Gasteiger partial charge is 0.120 e. The topological polar surface area (TPSA) is 43.9 Å². The largest absolute Gasteiger partial charge is 0.501 e. The van der Waals surface area contributed by atoms with E-state index in [4.69, 9.17) is 9.40 Å². The third kappa shape index (κ3) is 8.54. The van der Waals surface area contributed by atoms with Crippen LogP contribution in [0.4, 0.5) is 0 Å². The average Bonchev–Trinajstić information content (AvgIpc) is 3.79. The van der Waals surface area contributed by atoms with Crippen LogP contribution >= 0.6 is 0 Å². The first-order chi connectivity index (χ1) is 27.9. The van der Waals surface area contributed by atoms with E-state index >= 15 is 0 Å². The molecule has 299 valence electrons. The fourth-order valence-corrected chi connectivity index (χ4v) is 9.59. The van der Waals surface area contributed by atoms with E-state index in [2.05, 4.69) is 179 Å². The Hall–Kier alpha value is -5.39. The molecule has 0 fully saturated rings. The summed E-state index contributed by atoms with van der Waals surface area (Å²) in [5.41, 5.74) is 12.7. The number of benzene rings is 6. The van der Waals surface area contributed by atoms with E-state index in [9.17, 15) is 0 Å². The zero-order valence-electron chi connectivity index (χ0n) is 35.2. The average molecular weight is 966 g/mol. The van der Waals surface area contributed by atoms with Gasteiger partial charge >= 0.3 is 0 Å². The van der Waals surface area contributed by atoms with Gasteiger partial charge in [-0.2, -0.15) is 0 Å². The molecule has 0 N–H and O–H groups in total. The number of aromatic nitrogens is 3. The molecule has 0 unspecified atom stereocenters. The van der Waals surface area contributed by atoms with Crippen molar-refractivity contribution in [2.75, 3.05) is 0 Å². The summed E-state index contributed by atoms with van der Waals surface area (Å²) in [6, 6.07) is 54.9. The molecule has 0 saturated heterocycles. The number of furan rings is 1. The number of fused-ring (bicyclic) bond motifs is 4. The van der Waals surface area contributed by atoms with Crippen molar-refractivity contribution in [1.82, 2.24) is 14.5 Å². The number of para-hydroxylation sites is 4. The summed E-state index contributed by atoms with van der Waals surface area (Å²) in [4.78, 5) is 9.90. The fraction of sp³-hybridized carbons (Fsp3) is 0.208. The van der Waals surface area contributed by atoms with Gasteiger partial charge in [0.25, 0.3) is 0 Å². The van der Waals surface area contributed by atoms with Gasteiger partial charge in [-0.25, -0.2) is 0 Å². The van der Waals surface area contributed by atoms with Crippen LogP contribution in [0.5, 0.6) is 0 Å². The van der Waals surface area contributed by atoms with Gasteiger partial charge < -0.3 is 14.0 Å². The molecule has 0 saturated carbocycles. The van der Waals surface area contributed by atoms with Gasteiger partial charge in [0.15, 0.2) is 0 Å². The number of hydrogen-bond donors (Lipinski definition) is 0. The maximum atomic E-state index is 6.45. The van der Waals surface area contributed by atoms with Crippen LogP contribution < -0.4 is 5.19 Å². The predicted octanol–water partition coefficient (Wildman–Crippen LogP) is 13.6. The number of imidazole rings is 1. The Kier molecular flexibility index (Phi) is 12.1. The Balaban J connectivity index is 0.000000214. The van der Waals surface area contributed by atoms with Crippen molar-refractivity contribution in [3.8, 4) is 39.5 Å². The van der Waals surface area contributed by atoms with Gasteiger partial charge in [0.05, 0.1) is 36.2 Å². The first kappa shape index (κ1) is 41.8. The molecule has 4 nitrogen and oxygen atoms in total. The first-order valence-electron chi connectivity index (χ1n) is 20.3. The number of nitrogens with zero attached hydrogens (tertiary/aromatic N) is 3. The van der Waals surface area contributed by atoms with Gasteiger partial charge in [0.2, 0.25) is 0 Å². The zero-order valence-corrected chi connectivity index (χ0v) is 38.6. The van der Waals surface area contributed by atoms with Crippen molar-refractivity contribution in [2.45, 2.75) is 66.1 Å². The molecule has 0 amide bonds. The number of pyridine rings is 1. The van der Waals surface area contributed by atoms with Gasteiger partial charge in [-0.05, 0) is 58.0 Å². The summed E-state index contributed by atoms with van der Waals surface area (Å²) >= 11 is 0. The summed E-state index contributed by atoms with van der Waals surface area (Å²) in [6.45, 7) is 18.5. The Bertz CT molecular complexity index is 2860. The number of rotatable bonds is 7. The zero-order chi connectivity index (χ0) is 40.6. The maximum absolute atomic E-state index is 6.45. The van der Waals surface area contributed by atoms with Crippen molar-refractivity contribution in [3.05, 3.63) is 169 Å². The van der Waals surface area contributed by atoms with Crippen LogP contribution in [0.1, 0.15) is 45.7 Å². The molecule has 0 atom stereocenters. The van der Waals surface area contributed by atoms with E-state index in [1.165, 1.54) is 27.4 Å². The molecule has 0 aliphatic heterocycles. The van der Waals surface area contributed by atoms with Crippen LogP contribution in [0, 0.1) is 18.1 Å². The fourth-order valence-electron chi connectivity index (χ4n) is 8.00. The first-order valence-corrected chi connectivity index (χ1v) is 23.8. The molecular weight excluding hydrogens is 915 g/mol. The molecule has 3 heterocycles. The second-order valence-electron chi connectivity index (χ2n) is 17.6. The standard InChI is InChI=1S/C35H27N2O.C18H24NSi.Ir/c1-35(2,3)28-19-12-16-24(23-13-5-4-6-14-23)32(28)37-30-21-9-8-20-29(30)36-34(37)27-18-11-17-26-25-15-7-10-22-31(25)38-33(26)27;1-14(2)11-16-12-17(15-9-7-6-8-10-15)19-13-18(16)20(3,4)5;/h4-17,19-22H,1-3H3;6-9,12-14H,11H2,1-5H3;/q2*-1;. The Morgan fingerprint density at radius 1 is 0.746 bits per heavy atom. The van der Waals surface area contributed by atoms with Crippen LogP contribution in [0.25, 0.3) is 72.4 Å². The van der Waals surface area contributed by atoms with Gasteiger partial charge in [0, 0.05) is 37.3 Å². The molecule has 6 heteroatoms. The van der Waals surface area contributed by atoms with Crippen molar-refractivity contribution < 1.29 is 24.5 Å². The van der Waals surface area contributed by atoms with Crippen molar-refractivity contribution in [1.29, 1.82) is 0 Å². The minimum absolute atomic E-state index is 0. The minimum Gasteiger partial charge on any atom is -0.501 e. The van der Waals surface area contributed by atoms with Crippen LogP contribution in [0.2, 0.25) is 19.6 Å². The summed E-state index contributed by atoms with van der Waals surface area (Å²) in [6.07, 6.45) is 3.24.